The number of carboxylic acid groups (broad SMARTS) is 1. The molecular weight excluding hydrogens is 486 g/mol. The van der Waals surface area contributed by atoms with Gasteiger partial charge < -0.3 is 14.2 Å². The van der Waals surface area contributed by atoms with Gasteiger partial charge in [-0.1, -0.05) is 49.9 Å². The summed E-state index contributed by atoms with van der Waals surface area (Å²) in [5.41, 5.74) is 7.16. The van der Waals surface area contributed by atoms with Crippen molar-refractivity contribution in [2.24, 2.45) is 0 Å². The first-order valence-corrected chi connectivity index (χ1v) is 14.9. The topological polar surface area (TPSA) is 67.5 Å². The second-order valence-electron chi connectivity index (χ2n) is 11.8. The molecule has 39 heavy (non-hydrogen) atoms. The number of para-hydroxylation sites is 1. The number of piperidine rings is 1. The normalized spacial score (nSPS) is 18.7. The highest BCUT2D eigenvalue weighted by molar-refractivity contribution is 6.12. The van der Waals surface area contributed by atoms with Crippen molar-refractivity contribution >= 4 is 33.6 Å². The summed E-state index contributed by atoms with van der Waals surface area (Å²) in [5, 5.41) is 12.0. The van der Waals surface area contributed by atoms with E-state index in [1.165, 1.54) is 73.6 Å². The van der Waals surface area contributed by atoms with Crippen LogP contribution >= 0.6 is 0 Å². The lowest BCUT2D eigenvalue weighted by Gasteiger charge is -2.25. The van der Waals surface area contributed by atoms with E-state index in [4.69, 9.17) is 0 Å². The van der Waals surface area contributed by atoms with Crippen LogP contribution in [0.25, 0.3) is 33.1 Å². The van der Waals surface area contributed by atoms with Crippen LogP contribution in [0.1, 0.15) is 90.0 Å². The summed E-state index contributed by atoms with van der Waals surface area (Å²) in [6.07, 6.45) is 12.8. The largest absolute Gasteiger partial charge is 0.478 e. The first-order chi connectivity index (χ1) is 19.1. The standard InChI is InChI=1S/C33H37N3O3/c37-29(21-34-15-5-2-6-16-34)27-20-35-17-8-18-36-28-19-23(33(38)39)13-14-25(28)30(22-9-3-1-4-10-22)32(36)26-12-7-11-24(27)31(26)35/h7,11-14,19-20,22H,1-6,8-10,15-18,21H2,(H,38,39). The van der Waals surface area contributed by atoms with Crippen LogP contribution in [-0.2, 0) is 13.1 Å². The second-order valence-corrected chi connectivity index (χ2v) is 11.8. The molecule has 0 unspecified atom stereocenters. The second kappa shape index (κ2) is 9.98. The lowest BCUT2D eigenvalue weighted by Crippen LogP contribution is -2.34. The predicted octanol–water partition coefficient (Wildman–Crippen LogP) is 7.08. The van der Waals surface area contributed by atoms with Gasteiger partial charge in [0, 0.05) is 46.7 Å². The molecule has 3 aliphatic rings. The zero-order valence-electron chi connectivity index (χ0n) is 22.6. The Morgan fingerprint density at radius 3 is 2.44 bits per heavy atom. The van der Waals surface area contributed by atoms with E-state index < -0.39 is 5.97 Å². The molecule has 202 valence electrons. The summed E-state index contributed by atoms with van der Waals surface area (Å²) in [6, 6.07) is 12.1. The average molecular weight is 524 g/mol. The third-order valence-electron chi connectivity index (χ3n) is 9.41. The van der Waals surface area contributed by atoms with Gasteiger partial charge in [0.2, 0.25) is 0 Å². The number of nitrogens with zero attached hydrogens (tertiary/aromatic N) is 3. The summed E-state index contributed by atoms with van der Waals surface area (Å²) >= 11 is 0. The minimum atomic E-state index is -0.884. The fourth-order valence-corrected chi connectivity index (χ4v) is 7.59. The number of Topliss-reactive ketones (excluding diaryl/α,β-unsaturated/α-hetero) is 1. The van der Waals surface area contributed by atoms with Crippen LogP contribution in [0, 0.1) is 0 Å². The van der Waals surface area contributed by atoms with Crippen molar-refractivity contribution in [3.8, 4) is 11.3 Å². The van der Waals surface area contributed by atoms with Crippen LogP contribution < -0.4 is 0 Å². The molecule has 2 fully saturated rings. The van der Waals surface area contributed by atoms with Crippen molar-refractivity contribution < 1.29 is 14.7 Å². The van der Waals surface area contributed by atoms with E-state index in [1.807, 2.05) is 12.1 Å². The Kier molecular flexibility index (Phi) is 6.31. The van der Waals surface area contributed by atoms with Gasteiger partial charge in [0.1, 0.15) is 0 Å². The summed E-state index contributed by atoms with van der Waals surface area (Å²) in [5.74, 6) is -0.201. The van der Waals surface area contributed by atoms with Crippen molar-refractivity contribution in [3.05, 3.63) is 59.3 Å². The maximum atomic E-state index is 13.6. The molecule has 1 N–H and O–H groups in total. The van der Waals surface area contributed by atoms with Gasteiger partial charge in [-0.3, -0.25) is 9.69 Å². The van der Waals surface area contributed by atoms with Crippen LogP contribution in [-0.4, -0.2) is 50.5 Å². The van der Waals surface area contributed by atoms with Gasteiger partial charge >= 0.3 is 5.97 Å². The fourth-order valence-electron chi connectivity index (χ4n) is 7.59. The number of hydrogen-bond donors (Lipinski definition) is 1. The van der Waals surface area contributed by atoms with Crippen LogP contribution in [0.15, 0.2) is 42.6 Å². The molecule has 1 aliphatic carbocycles. The Morgan fingerprint density at radius 2 is 1.64 bits per heavy atom. The maximum absolute atomic E-state index is 13.6. The maximum Gasteiger partial charge on any atom is 0.335 e. The first-order valence-electron chi connectivity index (χ1n) is 14.9. The van der Waals surface area contributed by atoms with Crippen LogP contribution in [0.3, 0.4) is 0 Å². The molecular formula is C33H37N3O3. The molecule has 6 nitrogen and oxygen atoms in total. The number of benzene rings is 2. The third kappa shape index (κ3) is 4.20. The number of aromatic nitrogens is 2. The van der Waals surface area contributed by atoms with Crippen molar-refractivity contribution in [2.75, 3.05) is 19.6 Å². The highest BCUT2D eigenvalue weighted by Gasteiger charge is 2.30. The molecule has 0 amide bonds. The zero-order chi connectivity index (χ0) is 26.5. The van der Waals surface area contributed by atoms with Gasteiger partial charge in [-0.25, -0.2) is 4.79 Å². The monoisotopic (exact) mass is 523 g/mol. The van der Waals surface area contributed by atoms with Gasteiger partial charge in [0.05, 0.1) is 23.3 Å². The summed E-state index contributed by atoms with van der Waals surface area (Å²) in [7, 11) is 0. The molecule has 1 saturated carbocycles. The van der Waals surface area contributed by atoms with Crippen LogP contribution in [0.5, 0.6) is 0 Å². The molecule has 0 radical (unpaired) electrons. The molecule has 2 aromatic heterocycles. The Balaban J connectivity index is 1.44. The van der Waals surface area contributed by atoms with E-state index in [0.717, 1.165) is 54.6 Å². The van der Waals surface area contributed by atoms with Crippen molar-refractivity contribution in [2.45, 2.75) is 76.8 Å². The molecule has 2 aliphatic heterocycles. The van der Waals surface area contributed by atoms with Crippen molar-refractivity contribution in [3.63, 3.8) is 0 Å². The molecule has 1 saturated heterocycles. The SMILES string of the molecule is O=C(O)c1ccc2c(C3CCCCC3)c3n(c2c1)CCCn1cc(C(=O)CN2CCCCC2)c2cccc-3c21. The highest BCUT2D eigenvalue weighted by Crippen LogP contribution is 2.47. The molecule has 2 aromatic carbocycles. The Bertz CT molecular complexity index is 1580. The molecule has 4 heterocycles. The van der Waals surface area contributed by atoms with E-state index in [9.17, 15) is 14.7 Å². The Hall–Kier alpha value is -3.38. The third-order valence-corrected chi connectivity index (χ3v) is 9.41. The zero-order valence-corrected chi connectivity index (χ0v) is 22.6. The predicted molar refractivity (Wildman–Crippen MR) is 155 cm³/mol. The highest BCUT2D eigenvalue weighted by atomic mass is 16.4. The quantitative estimate of drug-likeness (QED) is 0.284. The first kappa shape index (κ1) is 24.6. The summed E-state index contributed by atoms with van der Waals surface area (Å²) in [4.78, 5) is 27.9. The number of rotatable bonds is 5. The minimum absolute atomic E-state index is 0.219. The van der Waals surface area contributed by atoms with E-state index >= 15 is 0 Å². The van der Waals surface area contributed by atoms with E-state index in [0.29, 0.717) is 18.0 Å². The lowest BCUT2D eigenvalue weighted by atomic mass is 9.81. The van der Waals surface area contributed by atoms with Gasteiger partial charge in [-0.2, -0.15) is 0 Å². The van der Waals surface area contributed by atoms with Crippen LogP contribution in [0.2, 0.25) is 0 Å². The number of carboxylic acids is 1. The Morgan fingerprint density at radius 1 is 0.846 bits per heavy atom. The van der Waals surface area contributed by atoms with Gasteiger partial charge in [0.25, 0.3) is 0 Å². The van der Waals surface area contributed by atoms with Crippen molar-refractivity contribution in [1.82, 2.24) is 14.0 Å². The number of aromatic carboxylic acids is 1. The molecule has 0 atom stereocenters. The van der Waals surface area contributed by atoms with Gasteiger partial charge in [-0.05, 0) is 68.8 Å². The van der Waals surface area contributed by atoms with Crippen molar-refractivity contribution in [1.29, 1.82) is 0 Å². The molecule has 0 bridgehead atoms. The van der Waals surface area contributed by atoms with Gasteiger partial charge in [-0.15, -0.1) is 0 Å². The number of likely N-dealkylation sites (tertiary alicyclic amines) is 1. The number of fused-ring (bicyclic) bond motifs is 4. The number of hydrogen-bond acceptors (Lipinski definition) is 3. The number of ketones is 1. The van der Waals surface area contributed by atoms with Gasteiger partial charge in [0.15, 0.2) is 5.78 Å². The number of aryl methyl sites for hydroxylation is 2. The van der Waals surface area contributed by atoms with E-state index in [1.54, 1.807) is 6.07 Å². The molecule has 4 aromatic rings. The lowest BCUT2D eigenvalue weighted by molar-refractivity contribution is 0.0696. The Labute approximate surface area is 229 Å². The van der Waals surface area contributed by atoms with Crippen LogP contribution in [0.4, 0.5) is 0 Å². The summed E-state index contributed by atoms with van der Waals surface area (Å²) < 4.78 is 4.72. The fraction of sp³-hybridized carbons (Fsp3) is 0.455. The number of carbonyl (C=O) groups is 2. The molecule has 7 rings (SSSR count). The van der Waals surface area contributed by atoms with E-state index in [2.05, 4.69) is 38.4 Å². The number of carbonyl (C=O) groups excluding carboxylic acids is 1. The molecule has 6 heteroatoms. The molecule has 0 spiro atoms. The average Bonchev–Trinajstić information content (AvgIpc) is 3.48. The minimum Gasteiger partial charge on any atom is -0.478 e. The smallest absolute Gasteiger partial charge is 0.335 e. The van der Waals surface area contributed by atoms with E-state index in [-0.39, 0.29) is 5.78 Å². The summed E-state index contributed by atoms with van der Waals surface area (Å²) in [6.45, 7) is 4.18.